The molecule has 0 aromatic carbocycles. The van der Waals surface area contributed by atoms with Crippen LogP contribution in [0.3, 0.4) is 0 Å². The van der Waals surface area contributed by atoms with Crippen molar-refractivity contribution in [3.05, 3.63) is 0 Å². The van der Waals surface area contributed by atoms with Gasteiger partial charge < -0.3 is 10.2 Å². The van der Waals surface area contributed by atoms with Gasteiger partial charge in [0.1, 0.15) is 0 Å². The zero-order valence-corrected chi connectivity index (χ0v) is 12.7. The van der Waals surface area contributed by atoms with E-state index in [1.807, 2.05) is 0 Å². The molecule has 1 N–H and O–H groups in total. The fourth-order valence-corrected chi connectivity index (χ4v) is 3.41. The Morgan fingerprint density at radius 2 is 1.95 bits per heavy atom. The topological polar surface area (TPSA) is 35.6 Å². The van der Waals surface area contributed by atoms with Crippen LogP contribution in [0.2, 0.25) is 0 Å². The summed E-state index contributed by atoms with van der Waals surface area (Å²) in [5.74, 6) is 1.06. The first-order valence-electron chi connectivity index (χ1n) is 7.81. The van der Waals surface area contributed by atoms with Crippen molar-refractivity contribution in [2.45, 2.75) is 45.6 Å². The predicted molar refractivity (Wildman–Crippen MR) is 78.1 cm³/mol. The molecule has 2 aliphatic heterocycles. The fraction of sp³-hybridized carbons (Fsp3) is 0.933. The van der Waals surface area contributed by atoms with Crippen LogP contribution in [0.25, 0.3) is 0 Å². The molecule has 2 heterocycles. The maximum Gasteiger partial charge on any atom is 0.242 e. The van der Waals surface area contributed by atoms with Crippen LogP contribution in [0.15, 0.2) is 0 Å². The summed E-state index contributed by atoms with van der Waals surface area (Å²) < 4.78 is 0. The van der Waals surface area contributed by atoms with Gasteiger partial charge in [0.15, 0.2) is 0 Å². The van der Waals surface area contributed by atoms with Gasteiger partial charge in [-0.25, -0.2) is 0 Å². The molecule has 0 aliphatic carbocycles. The number of hydrogen-bond donors (Lipinski definition) is 1. The Morgan fingerprint density at radius 3 is 2.58 bits per heavy atom. The molecule has 2 aliphatic rings. The lowest BCUT2D eigenvalue weighted by molar-refractivity contribution is -0.142. The summed E-state index contributed by atoms with van der Waals surface area (Å²) >= 11 is 0. The average Bonchev–Trinajstić information content (AvgIpc) is 2.88. The molecule has 1 atom stereocenters. The van der Waals surface area contributed by atoms with E-state index in [4.69, 9.17) is 0 Å². The van der Waals surface area contributed by atoms with Crippen LogP contribution < -0.4 is 5.32 Å². The highest BCUT2D eigenvalue weighted by Crippen LogP contribution is 2.26. The summed E-state index contributed by atoms with van der Waals surface area (Å²) in [6.07, 6.45) is 3.68. The molecule has 4 nitrogen and oxygen atoms in total. The number of hydrogen-bond acceptors (Lipinski definition) is 3. The molecule has 0 spiro atoms. The Kier molecular flexibility index (Phi) is 4.85. The molecular weight excluding hydrogens is 238 g/mol. The second kappa shape index (κ2) is 6.23. The van der Waals surface area contributed by atoms with Gasteiger partial charge in [0.25, 0.3) is 0 Å². The summed E-state index contributed by atoms with van der Waals surface area (Å²) in [5.41, 5.74) is -0.344. The third-order valence-corrected chi connectivity index (χ3v) is 4.70. The lowest BCUT2D eigenvalue weighted by atomic mass is 9.99. The number of carbonyl (C=O) groups is 1. The molecule has 0 bridgehead atoms. The summed E-state index contributed by atoms with van der Waals surface area (Å²) in [4.78, 5) is 17.2. The van der Waals surface area contributed by atoms with Crippen molar-refractivity contribution in [2.24, 2.45) is 5.92 Å². The monoisotopic (exact) mass is 267 g/mol. The second-order valence-electron chi connectivity index (χ2n) is 6.49. The summed E-state index contributed by atoms with van der Waals surface area (Å²) in [7, 11) is 0. The fourth-order valence-electron chi connectivity index (χ4n) is 3.41. The standard InChI is InChI=1S/C15H29N3O/c1-4-5-13-6-9-17(12-13)14(19)15(2,3)18-10-7-16-8-11-18/h13,16H,4-12H2,1-3H3. The molecule has 19 heavy (non-hydrogen) atoms. The van der Waals surface area contributed by atoms with Gasteiger partial charge in [-0.05, 0) is 32.6 Å². The lowest BCUT2D eigenvalue weighted by Gasteiger charge is -2.41. The Morgan fingerprint density at radius 1 is 1.26 bits per heavy atom. The van der Waals surface area contributed by atoms with Crippen LogP contribution in [0.4, 0.5) is 0 Å². The molecular formula is C15H29N3O. The van der Waals surface area contributed by atoms with Crippen molar-refractivity contribution < 1.29 is 4.79 Å². The molecule has 1 amide bonds. The van der Waals surface area contributed by atoms with Crippen molar-refractivity contribution in [1.29, 1.82) is 0 Å². The Hall–Kier alpha value is -0.610. The number of amides is 1. The highest BCUT2D eigenvalue weighted by atomic mass is 16.2. The van der Waals surface area contributed by atoms with Crippen molar-refractivity contribution in [3.8, 4) is 0 Å². The van der Waals surface area contributed by atoms with Crippen LogP contribution in [0.1, 0.15) is 40.0 Å². The van der Waals surface area contributed by atoms with Gasteiger partial charge in [-0.3, -0.25) is 9.69 Å². The molecule has 4 heteroatoms. The van der Waals surface area contributed by atoms with Gasteiger partial charge in [-0.15, -0.1) is 0 Å². The van der Waals surface area contributed by atoms with E-state index >= 15 is 0 Å². The van der Waals surface area contributed by atoms with Crippen molar-refractivity contribution in [3.63, 3.8) is 0 Å². The van der Waals surface area contributed by atoms with E-state index in [1.165, 1.54) is 19.3 Å². The Bertz CT molecular complexity index is 311. The second-order valence-corrected chi connectivity index (χ2v) is 6.49. The van der Waals surface area contributed by atoms with Crippen molar-refractivity contribution in [2.75, 3.05) is 39.3 Å². The van der Waals surface area contributed by atoms with Crippen LogP contribution >= 0.6 is 0 Å². The van der Waals surface area contributed by atoms with E-state index in [0.29, 0.717) is 5.91 Å². The summed E-state index contributed by atoms with van der Waals surface area (Å²) in [6.45, 7) is 12.3. The molecule has 2 saturated heterocycles. The van der Waals surface area contributed by atoms with Crippen LogP contribution in [0, 0.1) is 5.92 Å². The molecule has 0 aromatic heterocycles. The van der Waals surface area contributed by atoms with Gasteiger partial charge in [-0.1, -0.05) is 13.3 Å². The molecule has 1 unspecified atom stereocenters. The minimum absolute atomic E-state index is 0.327. The maximum absolute atomic E-state index is 12.8. The Balaban J connectivity index is 1.94. The zero-order chi connectivity index (χ0) is 13.9. The highest BCUT2D eigenvalue weighted by molar-refractivity contribution is 5.85. The number of nitrogens with zero attached hydrogens (tertiary/aromatic N) is 2. The number of likely N-dealkylation sites (tertiary alicyclic amines) is 1. The zero-order valence-electron chi connectivity index (χ0n) is 12.7. The van der Waals surface area contributed by atoms with E-state index in [0.717, 1.165) is 45.2 Å². The smallest absolute Gasteiger partial charge is 0.242 e. The first-order valence-corrected chi connectivity index (χ1v) is 7.81. The van der Waals surface area contributed by atoms with Gasteiger partial charge in [0.2, 0.25) is 5.91 Å². The highest BCUT2D eigenvalue weighted by Gasteiger charge is 2.40. The lowest BCUT2D eigenvalue weighted by Crippen LogP contribution is -2.60. The third-order valence-electron chi connectivity index (χ3n) is 4.70. The number of rotatable bonds is 4. The first kappa shape index (κ1) is 14.8. The number of carbonyl (C=O) groups excluding carboxylic acids is 1. The maximum atomic E-state index is 12.8. The summed E-state index contributed by atoms with van der Waals surface area (Å²) in [5, 5.41) is 3.35. The van der Waals surface area contributed by atoms with E-state index in [2.05, 4.69) is 35.9 Å². The SMILES string of the molecule is CCCC1CCN(C(=O)C(C)(C)N2CCNCC2)C1. The van der Waals surface area contributed by atoms with Crippen molar-refractivity contribution >= 4 is 5.91 Å². The minimum atomic E-state index is -0.344. The average molecular weight is 267 g/mol. The van der Waals surface area contributed by atoms with Crippen LogP contribution in [-0.2, 0) is 4.79 Å². The van der Waals surface area contributed by atoms with Gasteiger partial charge >= 0.3 is 0 Å². The quantitative estimate of drug-likeness (QED) is 0.834. The van der Waals surface area contributed by atoms with Gasteiger partial charge in [0, 0.05) is 39.3 Å². The normalized spacial score (nSPS) is 25.8. The molecule has 0 saturated carbocycles. The molecule has 2 fully saturated rings. The number of piperazine rings is 1. The predicted octanol–water partition coefficient (Wildman–Crippen LogP) is 1.32. The first-order chi connectivity index (χ1) is 9.05. The minimum Gasteiger partial charge on any atom is -0.341 e. The van der Waals surface area contributed by atoms with Crippen LogP contribution in [-0.4, -0.2) is 60.5 Å². The van der Waals surface area contributed by atoms with E-state index in [1.54, 1.807) is 0 Å². The third kappa shape index (κ3) is 3.29. The van der Waals surface area contributed by atoms with Crippen molar-refractivity contribution in [1.82, 2.24) is 15.1 Å². The molecule has 0 radical (unpaired) electrons. The molecule has 0 aromatic rings. The number of nitrogens with one attached hydrogen (secondary N) is 1. The Labute approximate surface area is 117 Å². The van der Waals surface area contributed by atoms with E-state index < -0.39 is 0 Å². The molecule has 110 valence electrons. The van der Waals surface area contributed by atoms with Gasteiger partial charge in [0.05, 0.1) is 5.54 Å². The van der Waals surface area contributed by atoms with Gasteiger partial charge in [-0.2, -0.15) is 0 Å². The largest absolute Gasteiger partial charge is 0.341 e. The summed E-state index contributed by atoms with van der Waals surface area (Å²) in [6, 6.07) is 0. The van der Waals surface area contributed by atoms with E-state index in [9.17, 15) is 4.79 Å². The molecule has 2 rings (SSSR count). The van der Waals surface area contributed by atoms with E-state index in [-0.39, 0.29) is 5.54 Å². The van der Waals surface area contributed by atoms with Crippen LogP contribution in [0.5, 0.6) is 0 Å².